The van der Waals surface area contributed by atoms with Crippen LogP contribution >= 0.6 is 15.9 Å². The van der Waals surface area contributed by atoms with Crippen LogP contribution in [0.2, 0.25) is 0 Å². The van der Waals surface area contributed by atoms with Crippen molar-refractivity contribution in [3.63, 3.8) is 0 Å². The van der Waals surface area contributed by atoms with Crippen molar-refractivity contribution < 1.29 is 0 Å². The van der Waals surface area contributed by atoms with Gasteiger partial charge in [-0.25, -0.2) is 0 Å². The summed E-state index contributed by atoms with van der Waals surface area (Å²) in [6, 6.07) is 37.9. The summed E-state index contributed by atoms with van der Waals surface area (Å²) in [5.41, 5.74) is 2.62. The fourth-order valence-corrected chi connectivity index (χ4v) is 6.66. The zero-order valence-electron chi connectivity index (χ0n) is 17.7. The largest absolute Gasteiger partial charge is 0.0622 e. The van der Waals surface area contributed by atoms with Gasteiger partial charge in [0.25, 0.3) is 0 Å². The number of hydrogen-bond donors (Lipinski definition) is 0. The van der Waals surface area contributed by atoms with E-state index in [1.54, 1.807) is 0 Å². The standard InChI is InChI=1S/C32H17Br/c33-26-17-16-25-28-22(26)13-7-15-24(28)32-30-21-11-5-4-10-19(21)20-12-6-14-23(29(20)30)27(31(25)32)18-8-2-1-3-9-18/h1-17H. The highest BCUT2D eigenvalue weighted by molar-refractivity contribution is 9.10. The maximum atomic E-state index is 3.82. The van der Waals surface area contributed by atoms with E-state index in [4.69, 9.17) is 0 Å². The highest BCUT2D eigenvalue weighted by Gasteiger charge is 2.24. The van der Waals surface area contributed by atoms with Gasteiger partial charge < -0.3 is 0 Å². The Kier molecular flexibility index (Phi) is 3.36. The summed E-state index contributed by atoms with van der Waals surface area (Å²) >= 11 is 3.82. The molecule has 8 aromatic carbocycles. The minimum Gasteiger partial charge on any atom is -0.0622 e. The molecule has 1 heteroatoms. The molecule has 0 saturated carbocycles. The van der Waals surface area contributed by atoms with Crippen LogP contribution in [0.25, 0.3) is 75.8 Å². The predicted octanol–water partition coefficient (Wildman–Crippen LogP) is 9.91. The van der Waals surface area contributed by atoms with Crippen molar-refractivity contribution in [2.75, 3.05) is 0 Å². The molecule has 0 amide bonds. The molecule has 0 bridgehead atoms. The Morgan fingerprint density at radius 3 is 1.76 bits per heavy atom. The third-order valence-corrected chi connectivity index (χ3v) is 8.10. The molecule has 152 valence electrons. The molecular weight excluding hydrogens is 464 g/mol. The molecular formula is C32H17Br. The Labute approximate surface area is 198 Å². The normalized spacial score (nSPS) is 12.4. The van der Waals surface area contributed by atoms with Gasteiger partial charge in [-0.3, -0.25) is 0 Å². The molecule has 0 aliphatic rings. The van der Waals surface area contributed by atoms with Gasteiger partial charge >= 0.3 is 0 Å². The van der Waals surface area contributed by atoms with Crippen molar-refractivity contribution in [3.05, 3.63) is 108 Å². The second kappa shape index (κ2) is 6.21. The zero-order valence-corrected chi connectivity index (χ0v) is 19.3. The Balaban J connectivity index is 1.83. The third kappa shape index (κ3) is 2.11. The van der Waals surface area contributed by atoms with Crippen LogP contribution in [0.5, 0.6) is 0 Å². The molecule has 0 aliphatic heterocycles. The van der Waals surface area contributed by atoms with Crippen molar-refractivity contribution in [2.24, 2.45) is 0 Å². The first kappa shape index (κ1) is 17.8. The molecule has 0 radical (unpaired) electrons. The number of rotatable bonds is 1. The van der Waals surface area contributed by atoms with Gasteiger partial charge in [0.05, 0.1) is 0 Å². The lowest BCUT2D eigenvalue weighted by molar-refractivity contribution is 1.69. The van der Waals surface area contributed by atoms with Crippen LogP contribution in [0.3, 0.4) is 0 Å². The lowest BCUT2D eigenvalue weighted by atomic mass is 9.90. The first-order valence-corrected chi connectivity index (χ1v) is 12.1. The van der Waals surface area contributed by atoms with Gasteiger partial charge in [0, 0.05) is 4.47 Å². The number of fused-ring (bicyclic) bond motifs is 7. The minimum atomic E-state index is 1.15. The van der Waals surface area contributed by atoms with Crippen molar-refractivity contribution in [1.82, 2.24) is 0 Å². The minimum absolute atomic E-state index is 1.15. The lowest BCUT2D eigenvalue weighted by Crippen LogP contribution is -1.84. The van der Waals surface area contributed by atoms with Crippen LogP contribution in [0.1, 0.15) is 0 Å². The van der Waals surface area contributed by atoms with Crippen molar-refractivity contribution in [1.29, 1.82) is 0 Å². The number of halogens is 1. The molecule has 0 aromatic heterocycles. The molecule has 0 aliphatic carbocycles. The van der Waals surface area contributed by atoms with E-state index < -0.39 is 0 Å². The number of hydrogen-bond acceptors (Lipinski definition) is 0. The SMILES string of the molecule is Brc1ccc2c3c(-c4ccccc4)c4cccc5c6ccccc6c(c45)c3c3cccc1c23. The monoisotopic (exact) mass is 480 g/mol. The topological polar surface area (TPSA) is 0 Å². The van der Waals surface area contributed by atoms with Crippen molar-refractivity contribution in [2.45, 2.75) is 0 Å². The van der Waals surface area contributed by atoms with E-state index in [1.165, 1.54) is 75.8 Å². The van der Waals surface area contributed by atoms with E-state index in [-0.39, 0.29) is 0 Å². The van der Waals surface area contributed by atoms with Gasteiger partial charge in [0.1, 0.15) is 0 Å². The van der Waals surface area contributed by atoms with Crippen LogP contribution in [0.15, 0.2) is 108 Å². The van der Waals surface area contributed by atoms with Crippen LogP contribution < -0.4 is 0 Å². The van der Waals surface area contributed by atoms with Gasteiger partial charge in [0.15, 0.2) is 0 Å². The Hall–Kier alpha value is -3.68. The highest BCUT2D eigenvalue weighted by atomic mass is 79.9. The van der Waals surface area contributed by atoms with Gasteiger partial charge in [-0.05, 0) is 81.8 Å². The molecule has 8 rings (SSSR count). The zero-order chi connectivity index (χ0) is 21.7. The Morgan fingerprint density at radius 1 is 0.333 bits per heavy atom. The molecule has 0 unspecified atom stereocenters. The first-order valence-electron chi connectivity index (χ1n) is 11.3. The average Bonchev–Trinajstić information content (AvgIpc) is 3.38. The van der Waals surface area contributed by atoms with Crippen molar-refractivity contribution >= 4 is 80.6 Å². The second-order valence-electron chi connectivity index (χ2n) is 8.96. The summed E-state index contributed by atoms with van der Waals surface area (Å²) in [5.74, 6) is 0. The second-order valence-corrected chi connectivity index (χ2v) is 9.82. The fraction of sp³-hybridized carbons (Fsp3) is 0. The maximum Gasteiger partial charge on any atom is 0.0254 e. The predicted molar refractivity (Wildman–Crippen MR) is 147 cm³/mol. The molecule has 33 heavy (non-hydrogen) atoms. The smallest absolute Gasteiger partial charge is 0.0254 e. The summed E-state index contributed by atoms with van der Waals surface area (Å²) in [6.45, 7) is 0. The Bertz CT molecular complexity index is 2020. The van der Waals surface area contributed by atoms with E-state index in [2.05, 4.69) is 119 Å². The van der Waals surface area contributed by atoms with Crippen LogP contribution in [-0.2, 0) is 0 Å². The molecule has 0 fully saturated rings. The summed E-state index contributed by atoms with van der Waals surface area (Å²) in [7, 11) is 0. The van der Waals surface area contributed by atoms with E-state index in [9.17, 15) is 0 Å². The third-order valence-electron chi connectivity index (χ3n) is 7.41. The quantitative estimate of drug-likeness (QED) is 0.219. The molecule has 0 N–H and O–H groups in total. The van der Waals surface area contributed by atoms with E-state index in [1.807, 2.05) is 0 Å². The Morgan fingerprint density at radius 2 is 0.909 bits per heavy atom. The summed E-state index contributed by atoms with van der Waals surface area (Å²) in [6.07, 6.45) is 0. The van der Waals surface area contributed by atoms with Gasteiger partial charge in [0.2, 0.25) is 0 Å². The molecule has 0 heterocycles. The van der Waals surface area contributed by atoms with E-state index in [0.29, 0.717) is 0 Å². The summed E-state index contributed by atoms with van der Waals surface area (Å²) in [4.78, 5) is 0. The average molecular weight is 481 g/mol. The van der Waals surface area contributed by atoms with Crippen LogP contribution in [0.4, 0.5) is 0 Å². The maximum absolute atomic E-state index is 3.82. The van der Waals surface area contributed by atoms with Gasteiger partial charge in [-0.2, -0.15) is 0 Å². The highest BCUT2D eigenvalue weighted by Crippen LogP contribution is 2.53. The fourth-order valence-electron chi connectivity index (χ4n) is 6.20. The summed E-state index contributed by atoms with van der Waals surface area (Å²) < 4.78 is 1.15. The first-order chi connectivity index (χ1) is 16.3. The van der Waals surface area contributed by atoms with Gasteiger partial charge in [-0.15, -0.1) is 0 Å². The lowest BCUT2D eigenvalue weighted by Gasteiger charge is -2.12. The number of benzene rings is 6. The molecule has 0 nitrogen and oxygen atoms in total. The summed E-state index contributed by atoms with van der Waals surface area (Å²) in [5, 5.41) is 16.2. The van der Waals surface area contributed by atoms with Crippen LogP contribution in [-0.4, -0.2) is 0 Å². The van der Waals surface area contributed by atoms with Crippen molar-refractivity contribution in [3.8, 4) is 11.1 Å². The van der Waals surface area contributed by atoms with E-state index >= 15 is 0 Å². The molecule has 0 spiro atoms. The molecule has 0 saturated heterocycles. The van der Waals surface area contributed by atoms with Crippen LogP contribution in [0, 0.1) is 0 Å². The molecule has 8 aromatic rings. The van der Waals surface area contributed by atoms with Gasteiger partial charge in [-0.1, -0.05) is 113 Å². The molecule has 0 atom stereocenters. The van der Waals surface area contributed by atoms with E-state index in [0.717, 1.165) is 4.47 Å².